The fraction of sp³-hybridized carbons (Fsp3) is 0.357. The summed E-state index contributed by atoms with van der Waals surface area (Å²) in [4.78, 5) is 35.3. The average molecular weight is 570 g/mol. The molecule has 10 nitrogen and oxygen atoms in total. The monoisotopic (exact) mass is 569 g/mol. The van der Waals surface area contributed by atoms with E-state index in [1.807, 2.05) is 4.90 Å². The summed E-state index contributed by atoms with van der Waals surface area (Å²) in [6.45, 7) is 4.15. The number of ether oxygens (including phenoxy) is 3. The van der Waals surface area contributed by atoms with Gasteiger partial charge in [-0.25, -0.2) is 14.4 Å². The molecule has 2 N–H and O–H groups in total. The first-order chi connectivity index (χ1) is 19.4. The lowest BCUT2D eigenvalue weighted by Gasteiger charge is -2.30. The number of halogens is 2. The molecule has 2 aliphatic rings. The van der Waals surface area contributed by atoms with Crippen LogP contribution in [0.3, 0.4) is 0 Å². The maximum Gasteiger partial charge on any atom is 0.323 e. The fourth-order valence-corrected chi connectivity index (χ4v) is 4.70. The van der Waals surface area contributed by atoms with E-state index in [2.05, 4.69) is 20.6 Å². The van der Waals surface area contributed by atoms with Gasteiger partial charge in [0.25, 0.3) is 0 Å². The number of nitrogens with zero attached hydrogens (tertiary/aromatic N) is 3. The number of aromatic nitrogens is 2. The van der Waals surface area contributed by atoms with E-state index < -0.39 is 5.82 Å². The number of nitrogens with one attached hydrogen (secondary N) is 2. The number of cyclic esters (lactones) is 1. The first-order valence-electron chi connectivity index (χ1n) is 13.0. The topological polar surface area (TPSA) is 115 Å². The lowest BCUT2D eigenvalue weighted by Crippen LogP contribution is -2.47. The number of rotatable bonds is 9. The Kier molecular flexibility index (Phi) is 8.73. The molecule has 40 heavy (non-hydrogen) atoms. The number of anilines is 3. The number of carbonyl (C=O) groups is 2. The highest BCUT2D eigenvalue weighted by Crippen LogP contribution is 2.34. The van der Waals surface area contributed by atoms with Crippen molar-refractivity contribution >= 4 is 51.6 Å². The number of hydrogen-bond acceptors (Lipinski definition) is 9. The van der Waals surface area contributed by atoms with Crippen LogP contribution in [0.5, 0.6) is 5.75 Å². The normalized spacial score (nSPS) is 19.6. The van der Waals surface area contributed by atoms with Crippen molar-refractivity contribution in [2.24, 2.45) is 0 Å². The van der Waals surface area contributed by atoms with Crippen LogP contribution in [0, 0.1) is 5.82 Å². The first-order valence-corrected chi connectivity index (χ1v) is 13.4. The smallest absolute Gasteiger partial charge is 0.323 e. The third-order valence-electron chi connectivity index (χ3n) is 6.75. The van der Waals surface area contributed by atoms with Gasteiger partial charge < -0.3 is 24.8 Å². The molecule has 3 aromatic rings. The molecule has 3 heterocycles. The van der Waals surface area contributed by atoms with Crippen molar-refractivity contribution in [3.05, 3.63) is 59.7 Å². The van der Waals surface area contributed by atoms with Crippen molar-refractivity contribution < 1.29 is 28.2 Å². The van der Waals surface area contributed by atoms with Crippen molar-refractivity contribution in [1.29, 1.82) is 0 Å². The minimum atomic E-state index is -0.527. The van der Waals surface area contributed by atoms with Crippen molar-refractivity contribution in [3.63, 3.8) is 0 Å². The summed E-state index contributed by atoms with van der Waals surface area (Å²) in [5, 5.41) is 6.60. The molecule has 0 bridgehead atoms. The average Bonchev–Trinajstić information content (AvgIpc) is 3.46. The summed E-state index contributed by atoms with van der Waals surface area (Å²) in [6, 6.07) is 7.35. The maximum atomic E-state index is 13.6. The van der Waals surface area contributed by atoms with Gasteiger partial charge in [0, 0.05) is 42.9 Å². The SMILES string of the molecule is C[C@H]1C(=O)OCCN1C/C=C/C(=O)Nc1cc2c(Nc3ccc(F)c(Cl)c3)ncnc2cc1OC[C@@H]1CCCO1. The predicted molar refractivity (Wildman–Crippen MR) is 148 cm³/mol. The molecule has 0 aliphatic carbocycles. The number of fused-ring (bicyclic) bond motifs is 1. The lowest BCUT2D eigenvalue weighted by atomic mass is 10.1. The molecule has 2 aromatic carbocycles. The zero-order valence-corrected chi connectivity index (χ0v) is 22.6. The molecule has 0 unspecified atom stereocenters. The molecule has 210 valence electrons. The van der Waals surface area contributed by atoms with Crippen LogP contribution in [0.4, 0.5) is 21.6 Å². The molecule has 0 spiro atoms. The summed E-state index contributed by atoms with van der Waals surface area (Å²) in [5.41, 5.74) is 1.53. The van der Waals surface area contributed by atoms with Gasteiger partial charge in [0.1, 0.15) is 43.0 Å². The highest BCUT2D eigenvalue weighted by molar-refractivity contribution is 6.31. The van der Waals surface area contributed by atoms with Crippen LogP contribution >= 0.6 is 11.6 Å². The third-order valence-corrected chi connectivity index (χ3v) is 7.04. The maximum absolute atomic E-state index is 13.6. The number of esters is 1. The number of carbonyl (C=O) groups excluding carboxylic acids is 2. The second kappa shape index (κ2) is 12.6. The minimum absolute atomic E-state index is 0.0243. The molecule has 0 radical (unpaired) electrons. The lowest BCUT2D eigenvalue weighted by molar-refractivity contribution is -0.155. The molecule has 5 rings (SSSR count). The van der Waals surface area contributed by atoms with E-state index in [0.717, 1.165) is 12.8 Å². The second-order valence-electron chi connectivity index (χ2n) is 9.52. The van der Waals surface area contributed by atoms with Crippen LogP contribution in [0.15, 0.2) is 48.8 Å². The predicted octanol–water partition coefficient (Wildman–Crippen LogP) is 4.47. The number of morpholine rings is 1. The zero-order valence-electron chi connectivity index (χ0n) is 21.9. The Balaban J connectivity index is 1.38. The van der Waals surface area contributed by atoms with E-state index in [-0.39, 0.29) is 29.0 Å². The van der Waals surface area contributed by atoms with E-state index in [1.54, 1.807) is 31.2 Å². The van der Waals surface area contributed by atoms with Gasteiger partial charge in [0.2, 0.25) is 5.91 Å². The van der Waals surface area contributed by atoms with Crippen LogP contribution in [-0.4, -0.2) is 71.8 Å². The van der Waals surface area contributed by atoms with E-state index in [0.29, 0.717) is 66.8 Å². The van der Waals surface area contributed by atoms with Crippen LogP contribution in [0.2, 0.25) is 5.02 Å². The summed E-state index contributed by atoms with van der Waals surface area (Å²) >= 11 is 5.94. The Hall–Kier alpha value is -3.80. The van der Waals surface area contributed by atoms with Gasteiger partial charge in [0.15, 0.2) is 0 Å². The van der Waals surface area contributed by atoms with Gasteiger partial charge in [-0.05, 0) is 44.0 Å². The Morgan fingerprint density at radius 1 is 1.27 bits per heavy atom. The Morgan fingerprint density at radius 3 is 2.95 bits per heavy atom. The molecule has 2 fully saturated rings. The van der Waals surface area contributed by atoms with Crippen molar-refractivity contribution in [3.8, 4) is 5.75 Å². The quantitative estimate of drug-likeness (QED) is 0.284. The first kappa shape index (κ1) is 27.8. The number of benzene rings is 2. The minimum Gasteiger partial charge on any atom is -0.489 e. The summed E-state index contributed by atoms with van der Waals surface area (Å²) in [7, 11) is 0. The number of hydrogen-bond donors (Lipinski definition) is 2. The Bertz CT molecular complexity index is 1430. The van der Waals surface area contributed by atoms with Crippen LogP contribution in [-0.2, 0) is 19.1 Å². The van der Waals surface area contributed by atoms with Crippen LogP contribution in [0.25, 0.3) is 10.9 Å². The van der Waals surface area contributed by atoms with Gasteiger partial charge in [-0.1, -0.05) is 17.7 Å². The highest BCUT2D eigenvalue weighted by atomic mass is 35.5. The van der Waals surface area contributed by atoms with Gasteiger partial charge >= 0.3 is 5.97 Å². The molecular formula is C28H29ClFN5O5. The van der Waals surface area contributed by atoms with Crippen LogP contribution < -0.4 is 15.4 Å². The van der Waals surface area contributed by atoms with Gasteiger partial charge in [-0.3, -0.25) is 14.5 Å². The van der Waals surface area contributed by atoms with Gasteiger partial charge in [-0.15, -0.1) is 0 Å². The number of amides is 1. The molecular weight excluding hydrogens is 541 g/mol. The molecule has 2 aliphatic heterocycles. The summed E-state index contributed by atoms with van der Waals surface area (Å²) in [5.74, 6) is -0.296. The van der Waals surface area contributed by atoms with Gasteiger partial charge in [0.05, 0.1) is 22.3 Å². The molecule has 2 atom stereocenters. The standard InChI is InChI=1S/C28H29ClFN5O5/c1-17-28(37)39-11-9-35(17)8-2-5-26(36)34-24-13-20-23(14-25(24)40-15-19-4-3-10-38-19)31-16-32-27(20)33-18-6-7-22(30)21(29)12-18/h2,5-7,12-14,16-17,19H,3-4,8-11,15H2,1H3,(H,34,36)(H,31,32,33)/b5-2+/t17-,19-/m0/s1. The Morgan fingerprint density at radius 2 is 2.15 bits per heavy atom. The van der Waals surface area contributed by atoms with Crippen molar-refractivity contribution in [2.45, 2.75) is 31.9 Å². The molecule has 1 aromatic heterocycles. The van der Waals surface area contributed by atoms with Crippen LogP contribution in [0.1, 0.15) is 19.8 Å². The zero-order chi connectivity index (χ0) is 28.1. The van der Waals surface area contributed by atoms with Crippen molar-refractivity contribution in [1.82, 2.24) is 14.9 Å². The second-order valence-corrected chi connectivity index (χ2v) is 9.92. The molecule has 12 heteroatoms. The van der Waals surface area contributed by atoms with Crippen molar-refractivity contribution in [2.75, 3.05) is 43.5 Å². The summed E-state index contributed by atoms with van der Waals surface area (Å²) in [6.07, 6.45) is 6.37. The fourth-order valence-electron chi connectivity index (χ4n) is 4.52. The van der Waals surface area contributed by atoms with E-state index in [9.17, 15) is 14.0 Å². The van der Waals surface area contributed by atoms with E-state index in [4.69, 9.17) is 25.8 Å². The molecule has 1 amide bonds. The van der Waals surface area contributed by atoms with Gasteiger partial charge in [-0.2, -0.15) is 0 Å². The molecule has 0 saturated carbocycles. The highest BCUT2D eigenvalue weighted by Gasteiger charge is 2.26. The van der Waals surface area contributed by atoms with E-state index >= 15 is 0 Å². The Labute approximate surface area is 235 Å². The molecule has 2 saturated heterocycles. The summed E-state index contributed by atoms with van der Waals surface area (Å²) < 4.78 is 30.5. The van der Waals surface area contributed by atoms with E-state index in [1.165, 1.54) is 24.5 Å². The largest absolute Gasteiger partial charge is 0.489 e. The third kappa shape index (κ3) is 6.67.